The quantitative estimate of drug-likeness (QED) is 0.112. The van der Waals surface area contributed by atoms with Crippen molar-refractivity contribution in [1.29, 1.82) is 0 Å². The Morgan fingerprint density at radius 2 is 1.40 bits per heavy atom. The van der Waals surface area contributed by atoms with Crippen molar-refractivity contribution in [2.75, 3.05) is 19.6 Å². The van der Waals surface area contributed by atoms with Gasteiger partial charge in [-0.05, 0) is 28.8 Å². The number of hydrogen-bond donors (Lipinski definition) is 4. The fourth-order valence-electron chi connectivity index (χ4n) is 6.91. The van der Waals surface area contributed by atoms with Crippen LogP contribution in [0.2, 0.25) is 0 Å². The number of rotatable bonds is 11. The molecule has 7 rings (SSSR count). The minimum atomic E-state index is -0.894. The Morgan fingerprint density at radius 3 is 1.98 bits per heavy atom. The van der Waals surface area contributed by atoms with E-state index in [0.29, 0.717) is 37.0 Å². The molecule has 1 atom stereocenters. The Bertz CT molecular complexity index is 1970. The number of nitrogens with zero attached hydrogens (tertiary/aromatic N) is 1. The minimum absolute atomic E-state index is 0.0262. The number of aromatic amines is 1. The highest BCUT2D eigenvalue weighted by Gasteiger charge is 2.38. The Hall–Kier alpha value is -4.66. The molecule has 6 nitrogen and oxygen atoms in total. The molecular weight excluding hydrogens is 575 g/mol. The van der Waals surface area contributed by atoms with Gasteiger partial charge in [0.25, 0.3) is 0 Å². The van der Waals surface area contributed by atoms with Crippen LogP contribution < -0.4 is 21.8 Å². The predicted octanol–water partition coefficient (Wildman–Crippen LogP) is 5.68. The average molecular weight is 610 g/mol. The first kappa shape index (κ1) is 29.1. The summed E-state index contributed by atoms with van der Waals surface area (Å²) in [6.07, 6.45) is 4.79. The molecule has 7 heteroatoms. The summed E-state index contributed by atoms with van der Waals surface area (Å²) in [5, 5.41) is 13.4. The van der Waals surface area contributed by atoms with Gasteiger partial charge in [-0.2, -0.15) is 0 Å². The number of fused-ring (bicyclic) bond motifs is 2. The van der Waals surface area contributed by atoms with Crippen molar-refractivity contribution >= 4 is 40.1 Å². The van der Waals surface area contributed by atoms with E-state index in [1.54, 1.807) is 5.37 Å². The van der Waals surface area contributed by atoms with Crippen LogP contribution in [0.5, 0.6) is 0 Å². The first-order valence-electron chi connectivity index (χ1n) is 15.3. The Morgan fingerprint density at radius 1 is 0.822 bits per heavy atom. The lowest BCUT2D eigenvalue weighted by atomic mass is 9.77. The van der Waals surface area contributed by atoms with Crippen molar-refractivity contribution in [2.45, 2.75) is 17.5 Å². The first-order chi connectivity index (χ1) is 22.1. The number of nitrogens with two attached hydrogens (primary N) is 1. The van der Waals surface area contributed by atoms with E-state index < -0.39 is 11.1 Å². The fourth-order valence-corrected chi connectivity index (χ4v) is 7.19. The summed E-state index contributed by atoms with van der Waals surface area (Å²) in [4.78, 5) is 14.1. The second kappa shape index (κ2) is 12.0. The van der Waals surface area contributed by atoms with Crippen LogP contribution in [0.3, 0.4) is 0 Å². The third-order valence-corrected chi connectivity index (χ3v) is 9.34. The number of aromatic nitrogens is 2. The summed E-state index contributed by atoms with van der Waals surface area (Å²) in [5.41, 5.74) is 12.2. The monoisotopic (exact) mass is 609 g/mol. The molecule has 0 spiro atoms. The fraction of sp³-hybridized carbons (Fsp3) is 0.158. The second-order valence-corrected chi connectivity index (χ2v) is 11.7. The van der Waals surface area contributed by atoms with Crippen molar-refractivity contribution in [3.63, 3.8) is 0 Å². The molecule has 2 heterocycles. The Labute approximate surface area is 267 Å². The molecule has 6 aromatic rings. The third kappa shape index (κ3) is 4.76. The lowest BCUT2D eigenvalue weighted by Gasteiger charge is -2.37. The van der Waals surface area contributed by atoms with E-state index in [1.165, 1.54) is 0 Å². The van der Waals surface area contributed by atoms with Crippen molar-refractivity contribution in [2.24, 2.45) is 5.73 Å². The molecule has 0 saturated heterocycles. The molecule has 0 radical (unpaired) electrons. The minimum Gasteiger partial charge on any atom is -0.329 e. The maximum atomic E-state index is 14.1. The highest BCUT2D eigenvalue weighted by molar-refractivity contribution is 7.79. The predicted molar refractivity (Wildman–Crippen MR) is 188 cm³/mol. The zero-order valence-corrected chi connectivity index (χ0v) is 25.7. The number of benzene rings is 4. The van der Waals surface area contributed by atoms with E-state index in [-0.39, 0.29) is 5.43 Å². The van der Waals surface area contributed by atoms with Gasteiger partial charge in [0, 0.05) is 48.1 Å². The molecule has 1 aliphatic carbocycles. The molecular formula is C38H35N5OS. The first-order valence-corrected chi connectivity index (χ1v) is 15.8. The van der Waals surface area contributed by atoms with Gasteiger partial charge in [0.15, 0.2) is 5.43 Å². The zero-order chi connectivity index (χ0) is 30.9. The van der Waals surface area contributed by atoms with Gasteiger partial charge in [0.2, 0.25) is 0 Å². The van der Waals surface area contributed by atoms with Gasteiger partial charge < -0.3 is 5.73 Å². The molecule has 224 valence electrons. The molecule has 0 saturated carbocycles. The van der Waals surface area contributed by atoms with Crippen LogP contribution in [0.15, 0.2) is 126 Å². The van der Waals surface area contributed by atoms with Crippen molar-refractivity contribution in [3.8, 4) is 0 Å². The normalized spacial score (nSPS) is 15.9. The van der Waals surface area contributed by atoms with Crippen LogP contribution in [0, 0.1) is 0 Å². The number of pyridine rings is 1. The lowest BCUT2D eigenvalue weighted by molar-refractivity contribution is 0.474. The molecule has 2 aromatic heterocycles. The van der Waals surface area contributed by atoms with Crippen molar-refractivity contribution < 1.29 is 0 Å². The van der Waals surface area contributed by atoms with Crippen LogP contribution in [-0.4, -0.2) is 34.6 Å². The molecule has 1 unspecified atom stereocenters. The summed E-state index contributed by atoms with van der Waals surface area (Å²) in [6, 6.07) is 39.6. The molecule has 0 aliphatic heterocycles. The van der Waals surface area contributed by atoms with Gasteiger partial charge >= 0.3 is 0 Å². The van der Waals surface area contributed by atoms with Crippen molar-refractivity contribution in [1.82, 2.24) is 20.2 Å². The zero-order valence-electron chi connectivity index (χ0n) is 24.9. The Balaban J connectivity index is 1.35. The molecule has 4 aromatic carbocycles. The lowest BCUT2D eigenvalue weighted by Crippen LogP contribution is -2.48. The van der Waals surface area contributed by atoms with Gasteiger partial charge in [-0.15, -0.1) is 0 Å². The van der Waals surface area contributed by atoms with E-state index in [1.807, 2.05) is 30.3 Å². The summed E-state index contributed by atoms with van der Waals surface area (Å²) in [5.74, 6) is 0. The number of nitrogens with one attached hydrogen (secondary N) is 3. The standard InChI is InChI=1S/C38H35N5OS/c39-23-25-40-37(26-45)22-20-30-32(42-43-33-19-11-10-18-31(33)36(44)34(37)35(30)43)21-24-41-38(27-12-4-1-5-13-27,28-14-6-2-7-15-28)29-16-8-3-9-17-29/h1-20,22,26,40-42H,21,23-25,39H2. The molecule has 0 fully saturated rings. The van der Waals surface area contributed by atoms with E-state index in [0.717, 1.165) is 39.0 Å². The van der Waals surface area contributed by atoms with Crippen LogP contribution in [0.4, 0.5) is 0 Å². The number of H-pyrrole nitrogens is 1. The summed E-state index contributed by atoms with van der Waals surface area (Å²) in [7, 11) is 0. The van der Waals surface area contributed by atoms with E-state index in [4.69, 9.17) is 18.0 Å². The number of hydrogen-bond acceptors (Lipinski definition) is 5. The van der Waals surface area contributed by atoms with Crippen molar-refractivity contribution in [3.05, 3.63) is 165 Å². The van der Waals surface area contributed by atoms with Gasteiger partial charge in [-0.1, -0.05) is 127 Å². The van der Waals surface area contributed by atoms with Gasteiger partial charge in [0.05, 0.1) is 27.7 Å². The average Bonchev–Trinajstić information content (AvgIpc) is 3.48. The van der Waals surface area contributed by atoms with E-state index in [9.17, 15) is 4.79 Å². The summed E-state index contributed by atoms with van der Waals surface area (Å²) >= 11 is 5.56. The van der Waals surface area contributed by atoms with Crippen LogP contribution >= 0.6 is 12.2 Å². The topological polar surface area (TPSA) is 87.3 Å². The number of thiocarbonyl (C=S) groups is 1. The highest BCUT2D eigenvalue weighted by Crippen LogP contribution is 2.38. The molecule has 45 heavy (non-hydrogen) atoms. The summed E-state index contributed by atoms with van der Waals surface area (Å²) < 4.78 is 2.05. The maximum Gasteiger partial charge on any atom is 0.195 e. The van der Waals surface area contributed by atoms with E-state index in [2.05, 4.69) is 117 Å². The smallest absolute Gasteiger partial charge is 0.195 e. The largest absolute Gasteiger partial charge is 0.329 e. The second-order valence-electron chi connectivity index (χ2n) is 11.5. The van der Waals surface area contributed by atoms with Crippen LogP contribution in [0.25, 0.3) is 22.5 Å². The Kier molecular flexibility index (Phi) is 7.77. The number of para-hydroxylation sites is 1. The molecule has 1 aliphatic rings. The van der Waals surface area contributed by atoms with E-state index >= 15 is 0 Å². The maximum absolute atomic E-state index is 14.1. The highest BCUT2D eigenvalue weighted by atomic mass is 32.1. The SMILES string of the molecule is NCCNC1(C=S)C=Cc2c(CCNC(c3ccccc3)(c3ccccc3)c3ccccc3)[nH]n3c2c1c(=O)c1ccccc13. The van der Waals surface area contributed by atoms with Gasteiger partial charge in [-0.3, -0.25) is 25.0 Å². The third-order valence-electron chi connectivity index (χ3n) is 8.96. The molecule has 0 bridgehead atoms. The van der Waals surface area contributed by atoms with Crippen LogP contribution in [-0.2, 0) is 17.5 Å². The summed E-state index contributed by atoms with van der Waals surface area (Å²) in [6.45, 7) is 1.61. The van der Waals surface area contributed by atoms with Crippen LogP contribution in [0.1, 0.15) is 33.5 Å². The molecule has 0 amide bonds. The van der Waals surface area contributed by atoms with Gasteiger partial charge in [0.1, 0.15) is 0 Å². The van der Waals surface area contributed by atoms with Gasteiger partial charge in [-0.25, -0.2) is 0 Å². The molecule has 5 N–H and O–H groups in total.